The van der Waals surface area contributed by atoms with E-state index in [4.69, 9.17) is 18.3 Å². The number of carbonyl (C=O) groups excluding carboxylic acids is 1. The highest BCUT2D eigenvalue weighted by atomic mass is 32.2. The fourth-order valence-electron chi connectivity index (χ4n) is 5.22. The Bertz CT molecular complexity index is 760. The summed E-state index contributed by atoms with van der Waals surface area (Å²) in [5.41, 5.74) is -0.798. The number of ether oxygens (including phenoxy) is 2. The van der Waals surface area contributed by atoms with Crippen LogP contribution in [0.5, 0.6) is 0 Å². The number of fused-ring (bicyclic) bond motifs is 2. The van der Waals surface area contributed by atoms with Crippen LogP contribution in [0.1, 0.15) is 48.5 Å². The highest BCUT2D eigenvalue weighted by molar-refractivity contribution is 8.08. The number of rotatable bonds is 0. The van der Waals surface area contributed by atoms with Gasteiger partial charge in [0.25, 0.3) is 10.3 Å². The van der Waals surface area contributed by atoms with Crippen LogP contribution in [-0.4, -0.2) is 55.2 Å². The van der Waals surface area contributed by atoms with E-state index < -0.39 is 54.3 Å². The van der Waals surface area contributed by atoms with Crippen LogP contribution in [0.3, 0.4) is 0 Å². The zero-order valence-corrected chi connectivity index (χ0v) is 18.7. The molecule has 4 fully saturated rings. The normalized spacial score (nSPS) is 44.7. The third-order valence-electron chi connectivity index (χ3n) is 6.06. The van der Waals surface area contributed by atoms with Gasteiger partial charge in [-0.15, -0.1) is 0 Å². The van der Waals surface area contributed by atoms with E-state index in [9.17, 15) is 14.1 Å². The van der Waals surface area contributed by atoms with Gasteiger partial charge in [0, 0.05) is 10.1 Å². The van der Waals surface area contributed by atoms with Gasteiger partial charge in [0.2, 0.25) is 0 Å². The highest BCUT2D eigenvalue weighted by Crippen LogP contribution is 2.60. The van der Waals surface area contributed by atoms with E-state index in [1.54, 1.807) is 0 Å². The molecule has 4 aliphatic rings. The summed E-state index contributed by atoms with van der Waals surface area (Å²) in [6.45, 7) is 14.0. The molecule has 4 aliphatic heterocycles. The third kappa shape index (κ3) is 2.35. The van der Waals surface area contributed by atoms with Gasteiger partial charge in [-0.2, -0.15) is 0 Å². The first kappa shape index (κ1) is 19.6. The largest absolute Gasteiger partial charge is 0.507 e. The van der Waals surface area contributed by atoms with E-state index in [0.29, 0.717) is 0 Å². The Kier molecular flexibility index (Phi) is 3.94. The minimum absolute atomic E-state index is 0.148. The van der Waals surface area contributed by atoms with Crippen LogP contribution >= 0.6 is 0 Å². The Labute approximate surface area is 162 Å². The second kappa shape index (κ2) is 5.44. The van der Waals surface area contributed by atoms with E-state index in [1.807, 2.05) is 0 Å². The van der Waals surface area contributed by atoms with E-state index in [0.717, 1.165) is 0 Å². The fraction of sp³-hybridized carbons (Fsp3) is 0.833. The summed E-state index contributed by atoms with van der Waals surface area (Å²) in [5, 5.41) is 9.56. The maximum Gasteiger partial charge on any atom is 0.390 e. The molecule has 0 spiro atoms. The number of hydrogen-bond donors (Lipinski definition) is 1. The first-order chi connectivity index (χ1) is 12.2. The van der Waals surface area contributed by atoms with Crippen molar-refractivity contribution in [3.05, 3.63) is 10.7 Å². The van der Waals surface area contributed by atoms with Crippen LogP contribution in [0.4, 0.5) is 0 Å². The van der Waals surface area contributed by atoms with Crippen molar-refractivity contribution in [3.63, 3.8) is 0 Å². The number of allylic oxidation sites excluding steroid dienone is 1. The second-order valence-electron chi connectivity index (χ2n) is 10.0. The van der Waals surface area contributed by atoms with E-state index in [-0.39, 0.29) is 26.5 Å². The minimum Gasteiger partial charge on any atom is -0.507 e. The summed E-state index contributed by atoms with van der Waals surface area (Å²) in [4.78, 5) is 12.5. The van der Waals surface area contributed by atoms with Crippen molar-refractivity contribution in [1.82, 2.24) is 0 Å². The molecular weight excluding hydrogens is 388 g/mol. The monoisotopic (exact) mass is 417 g/mol. The van der Waals surface area contributed by atoms with Crippen LogP contribution in [0.15, 0.2) is 10.7 Å². The molecule has 5 bridgehead atoms. The van der Waals surface area contributed by atoms with Crippen LogP contribution in [0.25, 0.3) is 0 Å². The summed E-state index contributed by atoms with van der Waals surface area (Å²) < 4.78 is 39.0. The molecule has 1 N–H and O–H groups in total. The molecular formula is C18H29O7SSi+. The van der Waals surface area contributed by atoms with Gasteiger partial charge < -0.3 is 23.4 Å². The van der Waals surface area contributed by atoms with E-state index in [1.165, 1.54) is 6.92 Å². The van der Waals surface area contributed by atoms with Crippen LogP contribution in [0, 0.1) is 0 Å². The lowest BCUT2D eigenvalue weighted by molar-refractivity contribution is -0.227. The van der Waals surface area contributed by atoms with Gasteiger partial charge in [-0.3, -0.25) is 0 Å². The average Bonchev–Trinajstić information content (AvgIpc) is 2.75. The standard InChI is InChI=1S/C18H28O7SSi/c1-9(19)14-15(20)23-12-11-10-8-26(14,21)16(22-10)13(12)25-27(24-11,17(2,3)4)18(5,6)7/h10-13,16H,8H2,1-7H3/p+1/t10-,11-,12+,13-,16+,26?/m1/s1. The van der Waals surface area contributed by atoms with Crippen molar-refractivity contribution in [2.75, 3.05) is 5.75 Å². The Morgan fingerprint density at radius 3 is 2.15 bits per heavy atom. The molecule has 6 atom stereocenters. The van der Waals surface area contributed by atoms with Gasteiger partial charge in [0.1, 0.15) is 18.0 Å². The molecule has 0 aromatic carbocycles. The molecule has 0 aliphatic carbocycles. The number of hydrogen-bond acceptors (Lipinski definition) is 7. The topological polar surface area (TPSA) is 91.3 Å². The number of aliphatic hydroxyl groups is 1. The molecule has 9 heteroatoms. The van der Waals surface area contributed by atoms with Gasteiger partial charge >= 0.3 is 14.5 Å². The molecule has 0 aromatic rings. The van der Waals surface area contributed by atoms with Gasteiger partial charge in [-0.1, -0.05) is 45.8 Å². The molecule has 4 heterocycles. The summed E-state index contributed by atoms with van der Waals surface area (Å²) in [5.74, 6) is -0.869. The number of aliphatic hydroxyl groups excluding tert-OH is 1. The zero-order chi connectivity index (χ0) is 20.2. The SMILES string of the molecule is C/C(O)=C1/C(=O)O[C@@H]2[C@H]3O[Si](C(C)(C)C)(C(C)(C)C)O[C@@H]2[C@H]2C[S+]1(=O)[C@@H]3O2. The van der Waals surface area contributed by atoms with Crippen LogP contribution in [0.2, 0.25) is 10.1 Å². The highest BCUT2D eigenvalue weighted by Gasteiger charge is 2.77. The van der Waals surface area contributed by atoms with Gasteiger partial charge in [0.15, 0.2) is 27.9 Å². The molecule has 0 saturated carbocycles. The molecule has 0 aromatic heterocycles. The molecule has 152 valence electrons. The quantitative estimate of drug-likeness (QED) is 0.213. The lowest BCUT2D eigenvalue weighted by Gasteiger charge is -2.57. The molecule has 4 rings (SSSR count). The van der Waals surface area contributed by atoms with Gasteiger partial charge in [-0.05, 0) is 6.92 Å². The summed E-state index contributed by atoms with van der Waals surface area (Å²) in [6, 6.07) is 0. The van der Waals surface area contributed by atoms with Crippen molar-refractivity contribution < 1.29 is 32.4 Å². The van der Waals surface area contributed by atoms with Gasteiger partial charge in [0.05, 0.1) is 0 Å². The number of esters is 1. The first-order valence-corrected chi connectivity index (χ1v) is 13.0. The molecule has 7 nitrogen and oxygen atoms in total. The number of carbonyl (C=O) groups is 1. The first-order valence-electron chi connectivity index (χ1n) is 9.36. The van der Waals surface area contributed by atoms with Crippen molar-refractivity contribution in [2.24, 2.45) is 0 Å². The zero-order valence-electron chi connectivity index (χ0n) is 16.9. The predicted octanol–water partition coefficient (Wildman–Crippen LogP) is 2.77. The van der Waals surface area contributed by atoms with Crippen molar-refractivity contribution in [2.45, 2.75) is 88.4 Å². The molecule has 27 heavy (non-hydrogen) atoms. The van der Waals surface area contributed by atoms with Crippen molar-refractivity contribution in [1.29, 1.82) is 0 Å². The van der Waals surface area contributed by atoms with Gasteiger partial charge in [-0.25, -0.2) is 4.79 Å². The molecule has 0 radical (unpaired) electrons. The van der Waals surface area contributed by atoms with Crippen LogP contribution < -0.4 is 0 Å². The smallest absolute Gasteiger partial charge is 0.390 e. The summed E-state index contributed by atoms with van der Waals surface area (Å²) in [6.07, 6.45) is -2.27. The van der Waals surface area contributed by atoms with Crippen LogP contribution in [-0.2, 0) is 37.3 Å². The Morgan fingerprint density at radius 2 is 1.63 bits per heavy atom. The average molecular weight is 418 g/mol. The Morgan fingerprint density at radius 1 is 1.07 bits per heavy atom. The second-order valence-corrected chi connectivity index (χ2v) is 17.4. The maximum atomic E-state index is 13.9. The lowest BCUT2D eigenvalue weighted by Crippen LogP contribution is -2.73. The van der Waals surface area contributed by atoms with E-state index >= 15 is 0 Å². The molecule has 0 amide bonds. The third-order valence-corrected chi connectivity index (χ3v) is 14.3. The lowest BCUT2D eigenvalue weighted by atomic mass is 10.0. The van der Waals surface area contributed by atoms with Crippen molar-refractivity contribution in [3.8, 4) is 0 Å². The molecule has 4 saturated heterocycles. The summed E-state index contributed by atoms with van der Waals surface area (Å²) in [7, 11) is -5.84. The Hall–Kier alpha value is -0.743. The Balaban J connectivity index is 1.89. The minimum atomic E-state index is -2.97. The molecule has 1 unspecified atom stereocenters. The van der Waals surface area contributed by atoms with Crippen molar-refractivity contribution >= 4 is 24.5 Å². The fourth-order valence-corrected chi connectivity index (χ4v) is 13.5. The maximum absolute atomic E-state index is 13.9. The van der Waals surface area contributed by atoms with E-state index in [2.05, 4.69) is 41.5 Å². The predicted molar refractivity (Wildman–Crippen MR) is 102 cm³/mol. The summed E-state index contributed by atoms with van der Waals surface area (Å²) >= 11 is 0.